The second kappa shape index (κ2) is 7.21. The molecule has 1 aliphatic heterocycles. The number of rotatable bonds is 6. The number of carbonyl (C=O) groups is 1. The number of hydrogen-bond acceptors (Lipinski definition) is 7. The number of nitrogens with one attached hydrogen (secondary N) is 1. The fourth-order valence-corrected chi connectivity index (χ4v) is 2.55. The number of carboxylic acid groups (broad SMARTS) is 1. The lowest BCUT2D eigenvalue weighted by Gasteiger charge is -2.30. The third kappa shape index (κ3) is 3.85. The molecule has 1 aliphatic rings. The van der Waals surface area contributed by atoms with E-state index in [-0.39, 0.29) is 23.4 Å². The molecule has 0 aliphatic carbocycles. The van der Waals surface area contributed by atoms with E-state index in [0.717, 1.165) is 6.42 Å². The lowest BCUT2D eigenvalue weighted by atomic mass is 9.97. The summed E-state index contributed by atoms with van der Waals surface area (Å²) < 4.78 is 0. The van der Waals surface area contributed by atoms with E-state index in [9.17, 15) is 14.9 Å². The number of nitro groups is 1. The van der Waals surface area contributed by atoms with Crippen LogP contribution in [0.2, 0.25) is 0 Å². The molecule has 9 nitrogen and oxygen atoms in total. The fourth-order valence-electron chi connectivity index (χ4n) is 2.55. The van der Waals surface area contributed by atoms with Crippen molar-refractivity contribution in [1.29, 1.82) is 0 Å². The zero-order valence-corrected chi connectivity index (χ0v) is 13.2. The molecule has 0 aromatic carbocycles. The van der Waals surface area contributed by atoms with Crippen LogP contribution in [-0.2, 0) is 4.79 Å². The summed E-state index contributed by atoms with van der Waals surface area (Å²) in [4.78, 5) is 31.9. The predicted octanol–water partition coefficient (Wildman–Crippen LogP) is 1.90. The zero-order chi connectivity index (χ0) is 17.0. The Morgan fingerprint density at radius 2 is 2.17 bits per heavy atom. The van der Waals surface area contributed by atoms with Crippen LogP contribution in [0.4, 0.5) is 17.3 Å². The summed E-state index contributed by atoms with van der Waals surface area (Å²) in [6, 6.07) is 0.0502. The first-order valence-electron chi connectivity index (χ1n) is 7.67. The van der Waals surface area contributed by atoms with Gasteiger partial charge in [0.2, 0.25) is 11.6 Å². The van der Waals surface area contributed by atoms with Crippen molar-refractivity contribution in [2.75, 3.05) is 23.3 Å². The first-order chi connectivity index (χ1) is 10.9. The molecule has 126 valence electrons. The molecular weight excluding hydrogens is 302 g/mol. The molecule has 0 spiro atoms. The summed E-state index contributed by atoms with van der Waals surface area (Å²) in [5.41, 5.74) is -0.151. The summed E-state index contributed by atoms with van der Waals surface area (Å²) in [7, 11) is 0. The van der Waals surface area contributed by atoms with Crippen molar-refractivity contribution >= 4 is 23.3 Å². The molecule has 0 amide bonds. The Labute approximate surface area is 133 Å². The van der Waals surface area contributed by atoms with Crippen LogP contribution in [0.3, 0.4) is 0 Å². The maximum atomic E-state index is 11.5. The molecule has 2 N–H and O–H groups in total. The highest BCUT2D eigenvalue weighted by atomic mass is 16.6. The molecule has 0 saturated carbocycles. The Kier molecular flexibility index (Phi) is 5.30. The van der Waals surface area contributed by atoms with Gasteiger partial charge in [-0.15, -0.1) is 0 Å². The van der Waals surface area contributed by atoms with Crippen molar-refractivity contribution in [3.8, 4) is 0 Å². The number of anilines is 2. The van der Waals surface area contributed by atoms with Gasteiger partial charge in [-0.25, -0.2) is 9.97 Å². The van der Waals surface area contributed by atoms with Crippen LogP contribution in [0.1, 0.15) is 33.1 Å². The lowest BCUT2D eigenvalue weighted by molar-refractivity contribution is -0.383. The van der Waals surface area contributed by atoms with E-state index in [1.807, 2.05) is 13.8 Å². The smallest absolute Gasteiger partial charge is 0.353 e. The highest BCUT2D eigenvalue weighted by molar-refractivity contribution is 5.72. The molecular formula is C14H21N5O4. The first-order valence-corrected chi connectivity index (χ1v) is 7.67. The van der Waals surface area contributed by atoms with Crippen molar-refractivity contribution in [2.45, 2.75) is 39.2 Å². The van der Waals surface area contributed by atoms with Crippen molar-refractivity contribution in [3.05, 3.63) is 16.4 Å². The predicted molar refractivity (Wildman–Crippen MR) is 84.6 cm³/mol. The van der Waals surface area contributed by atoms with Gasteiger partial charge in [-0.05, 0) is 26.2 Å². The standard InChI is InChI=1S/C14H21N5O4/c1-3-9(2)17-12-11(19(22)23)13(16-8-15-12)18-6-4-10(5-7-18)14(20)21/h8-10H,3-7H2,1-2H3,(H,20,21)(H,15,16,17). The fraction of sp³-hybridized carbons (Fsp3) is 0.643. The molecule has 1 saturated heterocycles. The maximum Gasteiger partial charge on any atom is 0.353 e. The zero-order valence-electron chi connectivity index (χ0n) is 13.2. The minimum Gasteiger partial charge on any atom is -0.481 e. The molecule has 2 rings (SSSR count). The quantitative estimate of drug-likeness (QED) is 0.601. The largest absolute Gasteiger partial charge is 0.481 e. The van der Waals surface area contributed by atoms with Crippen molar-refractivity contribution in [3.63, 3.8) is 0 Å². The Bertz CT molecular complexity index is 587. The molecule has 0 bridgehead atoms. The normalized spacial score (nSPS) is 16.9. The lowest BCUT2D eigenvalue weighted by Crippen LogP contribution is -2.37. The van der Waals surface area contributed by atoms with Gasteiger partial charge in [0, 0.05) is 19.1 Å². The average Bonchev–Trinajstić information content (AvgIpc) is 2.54. The summed E-state index contributed by atoms with van der Waals surface area (Å²) in [6.07, 6.45) is 3.01. The van der Waals surface area contributed by atoms with Gasteiger partial charge in [0.25, 0.3) is 0 Å². The highest BCUT2D eigenvalue weighted by Gasteiger charge is 2.31. The van der Waals surface area contributed by atoms with Gasteiger partial charge >= 0.3 is 11.7 Å². The molecule has 1 aromatic rings. The molecule has 1 fully saturated rings. The maximum absolute atomic E-state index is 11.5. The van der Waals surface area contributed by atoms with Gasteiger partial charge < -0.3 is 15.3 Å². The molecule has 1 atom stereocenters. The SMILES string of the molecule is CCC(C)Nc1ncnc(N2CCC(C(=O)O)CC2)c1[N+](=O)[O-]. The summed E-state index contributed by atoms with van der Waals surface area (Å²) in [5.74, 6) is -0.764. The van der Waals surface area contributed by atoms with Gasteiger partial charge in [-0.3, -0.25) is 14.9 Å². The van der Waals surface area contributed by atoms with Gasteiger partial charge in [0.15, 0.2) is 0 Å². The van der Waals surface area contributed by atoms with Gasteiger partial charge in [-0.1, -0.05) is 6.92 Å². The number of nitrogens with zero attached hydrogens (tertiary/aromatic N) is 4. The average molecular weight is 323 g/mol. The van der Waals surface area contributed by atoms with Gasteiger partial charge in [0.1, 0.15) is 6.33 Å². The van der Waals surface area contributed by atoms with Crippen LogP contribution < -0.4 is 10.2 Å². The van der Waals surface area contributed by atoms with E-state index in [0.29, 0.717) is 25.9 Å². The van der Waals surface area contributed by atoms with Crippen LogP contribution in [0.5, 0.6) is 0 Å². The van der Waals surface area contributed by atoms with E-state index in [4.69, 9.17) is 5.11 Å². The molecule has 1 aromatic heterocycles. The van der Waals surface area contributed by atoms with E-state index >= 15 is 0 Å². The molecule has 0 radical (unpaired) electrons. The minimum absolute atomic E-state index is 0.0502. The van der Waals surface area contributed by atoms with Crippen LogP contribution in [0, 0.1) is 16.0 Å². The van der Waals surface area contributed by atoms with Crippen LogP contribution >= 0.6 is 0 Å². The summed E-state index contributed by atoms with van der Waals surface area (Å²) in [5, 5.41) is 23.6. The summed E-state index contributed by atoms with van der Waals surface area (Å²) in [6.45, 7) is 4.75. The van der Waals surface area contributed by atoms with Crippen molar-refractivity contribution in [1.82, 2.24) is 9.97 Å². The first kappa shape index (κ1) is 16.9. The second-order valence-electron chi connectivity index (χ2n) is 5.70. The topological polar surface area (TPSA) is 121 Å². The van der Waals surface area contributed by atoms with Crippen LogP contribution in [0.25, 0.3) is 0 Å². The number of hydrogen-bond donors (Lipinski definition) is 2. The number of carboxylic acids is 1. The third-order valence-electron chi connectivity index (χ3n) is 4.12. The van der Waals surface area contributed by atoms with Crippen molar-refractivity contribution < 1.29 is 14.8 Å². The Morgan fingerprint density at radius 3 is 2.70 bits per heavy atom. The molecule has 23 heavy (non-hydrogen) atoms. The van der Waals surface area contributed by atoms with Gasteiger partial charge in [0.05, 0.1) is 10.8 Å². The Morgan fingerprint density at radius 1 is 1.52 bits per heavy atom. The Hall–Kier alpha value is -2.45. The third-order valence-corrected chi connectivity index (χ3v) is 4.12. The summed E-state index contributed by atoms with van der Waals surface area (Å²) >= 11 is 0. The Balaban J connectivity index is 2.26. The van der Waals surface area contributed by atoms with Crippen LogP contribution in [-0.4, -0.2) is 45.1 Å². The van der Waals surface area contributed by atoms with Crippen molar-refractivity contribution in [2.24, 2.45) is 5.92 Å². The monoisotopic (exact) mass is 323 g/mol. The van der Waals surface area contributed by atoms with Gasteiger partial charge in [-0.2, -0.15) is 0 Å². The molecule has 9 heteroatoms. The number of aromatic nitrogens is 2. The van der Waals surface area contributed by atoms with E-state index in [2.05, 4.69) is 15.3 Å². The molecule has 1 unspecified atom stereocenters. The second-order valence-corrected chi connectivity index (χ2v) is 5.70. The van der Waals surface area contributed by atoms with Crippen LogP contribution in [0.15, 0.2) is 6.33 Å². The number of aliphatic carboxylic acids is 1. The van der Waals surface area contributed by atoms with E-state index < -0.39 is 16.8 Å². The minimum atomic E-state index is -0.819. The number of piperidine rings is 1. The molecule has 2 heterocycles. The highest BCUT2D eigenvalue weighted by Crippen LogP contribution is 2.34. The van der Waals surface area contributed by atoms with E-state index in [1.165, 1.54) is 6.33 Å². The van der Waals surface area contributed by atoms with E-state index in [1.54, 1.807) is 4.90 Å².